The van der Waals surface area contributed by atoms with Gasteiger partial charge in [-0.3, -0.25) is 4.79 Å². The van der Waals surface area contributed by atoms with Crippen molar-refractivity contribution >= 4 is 28.1 Å². The van der Waals surface area contributed by atoms with Crippen LogP contribution in [0.1, 0.15) is 63.1 Å². The van der Waals surface area contributed by atoms with E-state index in [1.54, 1.807) is 18.4 Å². The van der Waals surface area contributed by atoms with Gasteiger partial charge in [-0.15, -0.1) is 17.9 Å². The van der Waals surface area contributed by atoms with Crippen LogP contribution in [0.2, 0.25) is 0 Å². The molecule has 1 saturated carbocycles. The van der Waals surface area contributed by atoms with Crippen LogP contribution in [0, 0.1) is 12.8 Å². The molecule has 4 rings (SSSR count). The second-order valence-corrected chi connectivity index (χ2v) is 10.8. The Balaban J connectivity index is 1.60. The highest BCUT2D eigenvalue weighted by atomic mass is 32.1. The number of benzene rings is 1. The molecule has 1 aliphatic rings. The minimum Gasteiger partial charge on any atom is -0.496 e. The van der Waals surface area contributed by atoms with Crippen molar-refractivity contribution in [3.05, 3.63) is 47.5 Å². The Morgan fingerprint density at radius 3 is 2.78 bits per heavy atom. The second kappa shape index (κ2) is 11.4. The van der Waals surface area contributed by atoms with E-state index in [1.165, 1.54) is 0 Å². The fourth-order valence-corrected chi connectivity index (χ4v) is 5.76. The number of carbonyl (C=O) groups excluding carboxylic acids is 1. The highest BCUT2D eigenvalue weighted by molar-refractivity contribution is 7.13. The molecule has 192 valence electrons. The van der Waals surface area contributed by atoms with Crippen LogP contribution in [-0.2, 0) is 4.79 Å². The second-order valence-electron chi connectivity index (χ2n) is 9.97. The zero-order valence-electron chi connectivity index (χ0n) is 22.0. The number of thiazole rings is 1. The first-order chi connectivity index (χ1) is 17.3. The largest absolute Gasteiger partial charge is 0.496 e. The highest BCUT2D eigenvalue weighted by Crippen LogP contribution is 2.39. The van der Waals surface area contributed by atoms with Gasteiger partial charge in [0.05, 0.1) is 24.4 Å². The van der Waals surface area contributed by atoms with Crippen molar-refractivity contribution in [3.63, 3.8) is 0 Å². The number of ether oxygens (including phenoxy) is 2. The van der Waals surface area contributed by atoms with Gasteiger partial charge in [0.25, 0.3) is 0 Å². The lowest BCUT2D eigenvalue weighted by molar-refractivity contribution is -0.134. The lowest BCUT2D eigenvalue weighted by Gasteiger charge is -2.21. The third-order valence-electron chi connectivity index (χ3n) is 7.00. The van der Waals surface area contributed by atoms with Crippen LogP contribution in [0.5, 0.6) is 11.5 Å². The number of amides is 1. The van der Waals surface area contributed by atoms with Gasteiger partial charge < -0.3 is 14.4 Å². The van der Waals surface area contributed by atoms with Gasteiger partial charge in [0.15, 0.2) is 0 Å². The van der Waals surface area contributed by atoms with E-state index in [9.17, 15) is 4.79 Å². The number of carbonyl (C=O) groups is 1. The average Bonchev–Trinajstić information content (AvgIpc) is 3.54. The molecule has 2 unspecified atom stereocenters. The van der Waals surface area contributed by atoms with Gasteiger partial charge in [0.2, 0.25) is 5.91 Å². The number of allylic oxidation sites excluding steroid dienone is 1. The predicted octanol–water partition coefficient (Wildman–Crippen LogP) is 6.77. The molecule has 2 atom stereocenters. The molecule has 0 saturated heterocycles. The maximum absolute atomic E-state index is 13.0. The van der Waals surface area contributed by atoms with Crippen molar-refractivity contribution in [2.45, 2.75) is 64.9 Å². The van der Waals surface area contributed by atoms with E-state index in [4.69, 9.17) is 19.4 Å². The van der Waals surface area contributed by atoms with Crippen LogP contribution < -0.4 is 9.47 Å². The summed E-state index contributed by atoms with van der Waals surface area (Å²) >= 11 is 1.61. The molecular formula is C29H37N3O3S. The number of rotatable bonds is 10. The van der Waals surface area contributed by atoms with Crippen molar-refractivity contribution in [2.75, 3.05) is 20.7 Å². The molecule has 2 heterocycles. The zero-order valence-corrected chi connectivity index (χ0v) is 22.9. The summed E-state index contributed by atoms with van der Waals surface area (Å²) < 4.78 is 12.2. The smallest absolute Gasteiger partial charge is 0.225 e. The summed E-state index contributed by atoms with van der Waals surface area (Å²) in [5.74, 6) is 2.17. The van der Waals surface area contributed by atoms with E-state index in [1.807, 2.05) is 43.1 Å². The van der Waals surface area contributed by atoms with E-state index in [2.05, 4.69) is 25.8 Å². The fraction of sp³-hybridized carbons (Fsp3) is 0.483. The van der Waals surface area contributed by atoms with Crippen LogP contribution in [0.3, 0.4) is 0 Å². The number of hydrogen-bond acceptors (Lipinski definition) is 6. The summed E-state index contributed by atoms with van der Waals surface area (Å²) in [5, 5.41) is 3.94. The molecule has 0 bridgehead atoms. The summed E-state index contributed by atoms with van der Waals surface area (Å²) in [4.78, 5) is 24.7. The van der Waals surface area contributed by atoms with Gasteiger partial charge in [0.1, 0.15) is 22.2 Å². The predicted molar refractivity (Wildman–Crippen MR) is 147 cm³/mol. The molecule has 36 heavy (non-hydrogen) atoms. The topological polar surface area (TPSA) is 64.6 Å². The minimum absolute atomic E-state index is 0.00527. The fourth-order valence-electron chi connectivity index (χ4n) is 4.82. The first-order valence-corrected chi connectivity index (χ1v) is 13.7. The molecule has 6 nitrogen and oxygen atoms in total. The molecule has 1 amide bonds. The van der Waals surface area contributed by atoms with Gasteiger partial charge >= 0.3 is 0 Å². The molecule has 0 N–H and O–H groups in total. The molecule has 0 spiro atoms. The maximum Gasteiger partial charge on any atom is 0.225 e. The first-order valence-electron chi connectivity index (χ1n) is 12.8. The van der Waals surface area contributed by atoms with Crippen LogP contribution in [0.15, 0.2) is 36.2 Å². The molecular weight excluding hydrogens is 470 g/mol. The zero-order chi connectivity index (χ0) is 25.8. The minimum atomic E-state index is -0.0103. The van der Waals surface area contributed by atoms with Gasteiger partial charge in [-0.1, -0.05) is 19.9 Å². The molecule has 1 fully saturated rings. The van der Waals surface area contributed by atoms with Crippen molar-refractivity contribution in [1.29, 1.82) is 0 Å². The summed E-state index contributed by atoms with van der Waals surface area (Å²) in [6, 6.07) is 5.98. The van der Waals surface area contributed by atoms with Crippen LogP contribution in [0.25, 0.3) is 21.6 Å². The number of methoxy groups -OCH3 is 1. The summed E-state index contributed by atoms with van der Waals surface area (Å²) in [5.41, 5.74) is 3.70. The number of unbranched alkanes of at least 4 members (excludes halogenated alkanes) is 1. The molecule has 1 aromatic carbocycles. The van der Waals surface area contributed by atoms with Gasteiger partial charge in [-0.25, -0.2) is 9.97 Å². The third-order valence-corrected chi connectivity index (χ3v) is 7.89. The number of aryl methyl sites for hydroxylation is 1. The number of aromatic nitrogens is 2. The standard InChI is InChI=1S/C29H37N3O3S/c1-7-8-9-14-32(5)29(33)20-10-11-21(15-20)35-26-16-23(28-31-24(17-36-28)18(2)3)30-27-19(4)25(34-6)13-12-22(26)27/h7,12-13,16-18,20-21H,1,8-11,14-15H2,2-6H3. The highest BCUT2D eigenvalue weighted by Gasteiger charge is 2.33. The van der Waals surface area contributed by atoms with Crippen LogP contribution >= 0.6 is 11.3 Å². The van der Waals surface area contributed by atoms with E-state index < -0.39 is 0 Å². The quantitative estimate of drug-likeness (QED) is 0.224. The van der Waals surface area contributed by atoms with E-state index in [-0.39, 0.29) is 17.9 Å². The Bertz CT molecular complexity index is 1240. The molecule has 1 aliphatic carbocycles. The average molecular weight is 508 g/mol. The molecule has 2 aromatic heterocycles. The summed E-state index contributed by atoms with van der Waals surface area (Å²) in [7, 11) is 3.58. The molecule has 3 aromatic rings. The number of nitrogens with zero attached hydrogens (tertiary/aromatic N) is 3. The Hall–Kier alpha value is -2.93. The monoisotopic (exact) mass is 507 g/mol. The lowest BCUT2D eigenvalue weighted by atomic mass is 10.1. The van der Waals surface area contributed by atoms with E-state index >= 15 is 0 Å². The Morgan fingerprint density at radius 1 is 1.28 bits per heavy atom. The number of fused-ring (bicyclic) bond motifs is 1. The molecule has 0 aliphatic heterocycles. The SMILES string of the molecule is C=CCCCN(C)C(=O)C1CCC(Oc2cc(-c3nc(C(C)C)cs3)nc3c(C)c(OC)ccc23)C1. The molecule has 7 heteroatoms. The Labute approximate surface area is 218 Å². The third kappa shape index (κ3) is 5.56. The molecule has 0 radical (unpaired) electrons. The number of pyridine rings is 1. The van der Waals surface area contributed by atoms with Crippen LogP contribution in [-0.4, -0.2) is 47.6 Å². The van der Waals surface area contributed by atoms with Crippen molar-refractivity contribution < 1.29 is 14.3 Å². The van der Waals surface area contributed by atoms with Crippen molar-refractivity contribution in [1.82, 2.24) is 14.9 Å². The summed E-state index contributed by atoms with van der Waals surface area (Å²) in [6.07, 6.45) is 6.20. The van der Waals surface area contributed by atoms with Crippen LogP contribution in [0.4, 0.5) is 0 Å². The lowest BCUT2D eigenvalue weighted by Crippen LogP contribution is -2.33. The maximum atomic E-state index is 13.0. The Morgan fingerprint density at radius 2 is 2.08 bits per heavy atom. The van der Waals surface area contributed by atoms with Gasteiger partial charge in [-0.05, 0) is 57.1 Å². The van der Waals surface area contributed by atoms with Gasteiger partial charge in [0, 0.05) is 41.9 Å². The van der Waals surface area contributed by atoms with Crippen molar-refractivity contribution in [3.8, 4) is 22.2 Å². The van der Waals surface area contributed by atoms with E-state index in [0.717, 1.165) is 83.0 Å². The van der Waals surface area contributed by atoms with E-state index in [0.29, 0.717) is 5.92 Å². The van der Waals surface area contributed by atoms with Gasteiger partial charge in [-0.2, -0.15) is 0 Å². The summed E-state index contributed by atoms with van der Waals surface area (Å²) in [6.45, 7) is 10.8. The van der Waals surface area contributed by atoms with Crippen molar-refractivity contribution in [2.24, 2.45) is 5.92 Å². The normalized spacial score (nSPS) is 17.5. The Kier molecular flexibility index (Phi) is 8.29. The number of hydrogen-bond donors (Lipinski definition) is 0. The first kappa shape index (κ1) is 26.1.